The van der Waals surface area contributed by atoms with Gasteiger partial charge in [-0.15, -0.1) is 0 Å². The van der Waals surface area contributed by atoms with E-state index in [0.29, 0.717) is 0 Å². The van der Waals surface area contributed by atoms with Crippen molar-refractivity contribution < 1.29 is 19.1 Å². The average Bonchev–Trinajstić information content (AvgIpc) is 2.26. The Balaban J connectivity index is 4.77. The minimum atomic E-state index is -0.746. The lowest BCUT2D eigenvalue weighted by Gasteiger charge is -2.45. The first-order valence-electron chi connectivity index (χ1n) is 5.95. The van der Waals surface area contributed by atoms with Gasteiger partial charge in [0.2, 0.25) is 0 Å². The molecule has 0 N–H and O–H groups in total. The highest BCUT2D eigenvalue weighted by atomic mass is 17.2. The summed E-state index contributed by atoms with van der Waals surface area (Å²) in [5.74, 6) is 0. The highest BCUT2D eigenvalue weighted by molar-refractivity contribution is 5.98. The third kappa shape index (κ3) is 3.73. The summed E-state index contributed by atoms with van der Waals surface area (Å²) in [7, 11) is 10.5. The predicted octanol–water partition coefficient (Wildman–Crippen LogP) is 2.25. The highest BCUT2D eigenvalue weighted by Crippen LogP contribution is 2.34. The van der Waals surface area contributed by atoms with E-state index in [1.54, 1.807) is 0 Å². The van der Waals surface area contributed by atoms with Crippen LogP contribution in [0.15, 0.2) is 0 Å². The molecule has 4 radical (unpaired) electrons. The van der Waals surface area contributed by atoms with Crippen molar-refractivity contribution in [3.63, 3.8) is 0 Å². The molecule has 0 atom stereocenters. The summed E-state index contributed by atoms with van der Waals surface area (Å²) < 4.78 is 9.84. The minimum absolute atomic E-state index is 0.712. The largest absolute Gasteiger partial charge is 0.440 e. The van der Waals surface area contributed by atoms with Gasteiger partial charge in [0.05, 0.1) is 11.2 Å². The molecule has 0 saturated heterocycles. The van der Waals surface area contributed by atoms with Crippen LogP contribution >= 0.6 is 0 Å². The quantitative estimate of drug-likeness (QED) is 0.396. The molecular weight excluding hydrogens is 230 g/mol. The highest BCUT2D eigenvalue weighted by Gasteiger charge is 2.44. The molecule has 0 aromatic heterocycles. The summed E-state index contributed by atoms with van der Waals surface area (Å²) in [5.41, 5.74) is -2.92. The van der Waals surface area contributed by atoms with Crippen molar-refractivity contribution >= 4 is 16.1 Å². The van der Waals surface area contributed by atoms with Crippen LogP contribution in [0.3, 0.4) is 0 Å². The molecule has 18 heavy (non-hydrogen) atoms. The third-order valence-electron chi connectivity index (χ3n) is 3.95. The lowest BCUT2D eigenvalue weighted by atomic mass is 9.88. The molecule has 0 aromatic carbocycles. The van der Waals surface area contributed by atoms with Crippen LogP contribution in [0.25, 0.3) is 0 Å². The Morgan fingerprint density at radius 1 is 0.500 bits per heavy atom. The van der Waals surface area contributed by atoms with E-state index in [4.69, 9.17) is 35.2 Å². The molecule has 0 aliphatic heterocycles. The molecule has 0 aliphatic carbocycles. The maximum atomic E-state index is 5.50. The van der Waals surface area contributed by atoms with Crippen molar-refractivity contribution in [1.29, 1.82) is 0 Å². The van der Waals surface area contributed by atoms with E-state index in [1.165, 1.54) is 0 Å². The molecule has 0 heterocycles. The van der Waals surface area contributed by atoms with Gasteiger partial charge in [-0.25, -0.2) is 9.78 Å². The fourth-order valence-corrected chi connectivity index (χ4v) is 0.693. The second kappa shape index (κ2) is 5.53. The molecule has 0 bridgehead atoms. The second-order valence-electron chi connectivity index (χ2n) is 6.44. The van der Waals surface area contributed by atoms with E-state index in [2.05, 4.69) is 0 Å². The van der Waals surface area contributed by atoms with Gasteiger partial charge in [-0.1, -0.05) is 0 Å². The Hall–Kier alpha value is -0.0301. The lowest BCUT2D eigenvalue weighted by Crippen LogP contribution is -2.54. The van der Waals surface area contributed by atoms with Crippen LogP contribution < -0.4 is 0 Å². The van der Waals surface area contributed by atoms with Gasteiger partial charge < -0.3 is 9.31 Å². The number of hydrogen-bond acceptors (Lipinski definition) is 4. The summed E-state index contributed by atoms with van der Waals surface area (Å²) in [5, 5.41) is 0. The monoisotopic (exact) mass is 254 g/mol. The second-order valence-corrected chi connectivity index (χ2v) is 6.44. The zero-order valence-corrected chi connectivity index (χ0v) is 12.8. The van der Waals surface area contributed by atoms with Gasteiger partial charge in [0.25, 0.3) is 16.1 Å². The van der Waals surface area contributed by atoms with Crippen LogP contribution in [0.5, 0.6) is 0 Å². The Morgan fingerprint density at radius 2 is 0.722 bits per heavy atom. The zero-order chi connectivity index (χ0) is 14.8. The van der Waals surface area contributed by atoms with Gasteiger partial charge in [-0.3, -0.25) is 0 Å². The van der Waals surface area contributed by atoms with E-state index in [0.717, 1.165) is 0 Å². The normalized spacial score (nSPS) is 14.9. The van der Waals surface area contributed by atoms with Crippen molar-refractivity contribution in [2.24, 2.45) is 0 Å². The first kappa shape index (κ1) is 18.0. The maximum absolute atomic E-state index is 5.50. The zero-order valence-electron chi connectivity index (χ0n) is 12.8. The van der Waals surface area contributed by atoms with Gasteiger partial charge in [-0.05, 0) is 55.4 Å². The molecule has 6 heteroatoms. The van der Waals surface area contributed by atoms with Gasteiger partial charge in [0, 0.05) is 0 Å². The van der Waals surface area contributed by atoms with E-state index in [-0.39, 0.29) is 0 Å². The maximum Gasteiger partial charge on any atom is 0.283 e. The van der Waals surface area contributed by atoms with Crippen LogP contribution in [0.2, 0.25) is 0 Å². The van der Waals surface area contributed by atoms with Crippen molar-refractivity contribution in [2.45, 2.75) is 77.8 Å². The van der Waals surface area contributed by atoms with Crippen molar-refractivity contribution in [1.82, 2.24) is 0 Å². The first-order chi connectivity index (χ1) is 7.83. The van der Waals surface area contributed by atoms with E-state index < -0.39 is 22.4 Å². The number of hydrogen-bond donors (Lipinski definition) is 0. The smallest absolute Gasteiger partial charge is 0.283 e. The van der Waals surface area contributed by atoms with Crippen molar-refractivity contribution in [2.75, 3.05) is 0 Å². The summed E-state index contributed by atoms with van der Waals surface area (Å²) in [6.07, 6.45) is 0. The molecule has 0 aromatic rings. The fourth-order valence-electron chi connectivity index (χ4n) is 0.693. The van der Waals surface area contributed by atoms with Gasteiger partial charge >= 0.3 is 0 Å². The molecule has 0 fully saturated rings. The molecule has 0 aliphatic rings. The standard InChI is InChI=1S/C12H24B2O4/c1-9(2,15-13)11(5,6)17-18-12(7,8)10(3,4)16-14/h1-8H3. The lowest BCUT2D eigenvalue weighted by molar-refractivity contribution is -0.436. The summed E-state index contributed by atoms with van der Waals surface area (Å²) in [6.45, 7) is 14.6. The molecule has 4 nitrogen and oxygen atoms in total. The van der Waals surface area contributed by atoms with Crippen LogP contribution in [-0.2, 0) is 19.1 Å². The van der Waals surface area contributed by atoms with Gasteiger partial charge in [-0.2, -0.15) is 0 Å². The van der Waals surface area contributed by atoms with Gasteiger partial charge in [0.15, 0.2) is 0 Å². The average molecular weight is 254 g/mol. The van der Waals surface area contributed by atoms with Crippen LogP contribution in [0.4, 0.5) is 0 Å². The molecule has 0 amide bonds. The molecule has 0 spiro atoms. The molecule has 102 valence electrons. The summed E-state index contributed by atoms with van der Waals surface area (Å²) in [4.78, 5) is 11.0. The Labute approximate surface area is 114 Å². The number of rotatable bonds is 7. The Kier molecular flexibility index (Phi) is 5.52. The van der Waals surface area contributed by atoms with Crippen LogP contribution in [-0.4, -0.2) is 38.5 Å². The Morgan fingerprint density at radius 3 is 0.889 bits per heavy atom. The van der Waals surface area contributed by atoms with E-state index in [1.807, 2.05) is 55.4 Å². The van der Waals surface area contributed by atoms with Crippen molar-refractivity contribution in [3.05, 3.63) is 0 Å². The van der Waals surface area contributed by atoms with E-state index in [9.17, 15) is 0 Å². The topological polar surface area (TPSA) is 36.9 Å². The van der Waals surface area contributed by atoms with Gasteiger partial charge in [0.1, 0.15) is 11.2 Å². The summed E-state index contributed by atoms with van der Waals surface area (Å²) >= 11 is 0. The molecule has 0 rings (SSSR count). The van der Waals surface area contributed by atoms with E-state index >= 15 is 0 Å². The predicted molar refractivity (Wildman–Crippen MR) is 72.2 cm³/mol. The molecule has 0 unspecified atom stereocenters. The fraction of sp³-hybridized carbons (Fsp3) is 1.00. The third-order valence-corrected chi connectivity index (χ3v) is 3.95. The molecule has 0 saturated carbocycles. The van der Waals surface area contributed by atoms with Crippen LogP contribution in [0.1, 0.15) is 55.4 Å². The minimum Gasteiger partial charge on any atom is -0.440 e. The summed E-state index contributed by atoms with van der Waals surface area (Å²) in [6, 6.07) is 0. The first-order valence-corrected chi connectivity index (χ1v) is 5.95. The Bertz CT molecular complexity index is 247. The SMILES string of the molecule is [B]OC(C)(C)C(C)(C)OOC(C)(C)C(C)(C)O[B]. The van der Waals surface area contributed by atoms with Crippen LogP contribution in [0, 0.1) is 0 Å². The molecular formula is C12H24B2O4. The van der Waals surface area contributed by atoms with Crippen molar-refractivity contribution in [3.8, 4) is 0 Å².